The van der Waals surface area contributed by atoms with Gasteiger partial charge in [0.1, 0.15) is 0 Å². The zero-order chi connectivity index (χ0) is 17.7. The number of benzene rings is 1. The van der Waals surface area contributed by atoms with Crippen molar-refractivity contribution < 1.29 is 4.79 Å². The van der Waals surface area contributed by atoms with E-state index < -0.39 is 0 Å². The Morgan fingerprint density at radius 3 is 2.52 bits per heavy atom. The summed E-state index contributed by atoms with van der Waals surface area (Å²) in [6.45, 7) is 5.95. The molecule has 0 aliphatic heterocycles. The molecule has 1 saturated carbocycles. The molecule has 25 heavy (non-hydrogen) atoms. The molecule has 128 valence electrons. The molecule has 4 rings (SSSR count). The largest absolute Gasteiger partial charge is 0.321 e. The van der Waals surface area contributed by atoms with Crippen LogP contribution >= 0.6 is 0 Å². The van der Waals surface area contributed by atoms with Crippen molar-refractivity contribution in [1.29, 1.82) is 0 Å². The minimum absolute atomic E-state index is 0.0946. The van der Waals surface area contributed by atoms with E-state index in [1.165, 1.54) is 0 Å². The molecule has 1 amide bonds. The lowest BCUT2D eigenvalue weighted by Crippen LogP contribution is -2.15. The Balaban J connectivity index is 1.83. The van der Waals surface area contributed by atoms with Gasteiger partial charge in [0.05, 0.1) is 16.6 Å². The Bertz CT molecular complexity index is 978. The van der Waals surface area contributed by atoms with Crippen molar-refractivity contribution in [3.63, 3.8) is 0 Å². The van der Waals surface area contributed by atoms with E-state index in [9.17, 15) is 4.79 Å². The maximum Gasteiger partial charge on any atom is 0.256 e. The Hall–Kier alpha value is -2.69. The lowest BCUT2D eigenvalue weighted by Gasteiger charge is -2.13. The number of carbonyl (C=O) groups is 1. The Kier molecular flexibility index (Phi) is 3.60. The van der Waals surface area contributed by atoms with Gasteiger partial charge in [-0.15, -0.1) is 0 Å². The van der Waals surface area contributed by atoms with Gasteiger partial charge in [-0.2, -0.15) is 5.10 Å². The number of nitrogens with zero attached hydrogens (tertiary/aromatic N) is 3. The zero-order valence-corrected chi connectivity index (χ0v) is 15.1. The summed E-state index contributed by atoms with van der Waals surface area (Å²) in [6.07, 6.45) is 2.29. The highest BCUT2D eigenvalue weighted by molar-refractivity contribution is 6.13. The van der Waals surface area contributed by atoms with E-state index >= 15 is 0 Å². The van der Waals surface area contributed by atoms with Crippen LogP contribution < -0.4 is 5.32 Å². The van der Waals surface area contributed by atoms with Crippen LogP contribution in [0.3, 0.4) is 0 Å². The lowest BCUT2D eigenvalue weighted by atomic mass is 10.1. The van der Waals surface area contributed by atoms with Gasteiger partial charge in [0.25, 0.3) is 5.91 Å². The van der Waals surface area contributed by atoms with Crippen molar-refractivity contribution in [2.45, 2.75) is 39.5 Å². The number of fused-ring (bicyclic) bond motifs is 1. The average molecular weight is 334 g/mol. The van der Waals surface area contributed by atoms with Crippen LogP contribution in [0.2, 0.25) is 0 Å². The second kappa shape index (κ2) is 5.69. The first-order valence-corrected chi connectivity index (χ1v) is 8.67. The van der Waals surface area contributed by atoms with Crippen LogP contribution in [0.4, 0.5) is 5.69 Å². The van der Waals surface area contributed by atoms with Gasteiger partial charge in [0, 0.05) is 24.3 Å². The van der Waals surface area contributed by atoms with E-state index in [0.717, 1.165) is 52.1 Å². The summed E-state index contributed by atoms with van der Waals surface area (Å²) < 4.78 is 1.77. The third kappa shape index (κ3) is 2.69. The summed E-state index contributed by atoms with van der Waals surface area (Å²) in [6, 6.07) is 7.98. The number of aryl methyl sites for hydroxylation is 4. The summed E-state index contributed by atoms with van der Waals surface area (Å²) in [5.41, 5.74) is 6.29. The van der Waals surface area contributed by atoms with Gasteiger partial charge in [-0.3, -0.25) is 9.48 Å². The number of anilines is 1. The molecule has 1 aromatic carbocycles. The number of hydrogen-bond acceptors (Lipinski definition) is 3. The number of amides is 1. The van der Waals surface area contributed by atoms with Crippen molar-refractivity contribution >= 4 is 22.6 Å². The lowest BCUT2D eigenvalue weighted by molar-refractivity contribution is 0.102. The van der Waals surface area contributed by atoms with E-state index in [4.69, 9.17) is 4.98 Å². The average Bonchev–Trinajstić information content (AvgIpc) is 3.37. The molecule has 1 N–H and O–H groups in total. The number of rotatable bonds is 3. The molecule has 5 nitrogen and oxygen atoms in total. The molecule has 2 heterocycles. The molecule has 2 aromatic heterocycles. The molecule has 0 unspecified atom stereocenters. The van der Waals surface area contributed by atoms with Gasteiger partial charge in [-0.05, 0) is 50.8 Å². The van der Waals surface area contributed by atoms with Crippen LogP contribution in [0, 0.1) is 20.8 Å². The van der Waals surface area contributed by atoms with Gasteiger partial charge in [-0.1, -0.05) is 18.2 Å². The molecule has 0 saturated heterocycles. The zero-order valence-electron chi connectivity index (χ0n) is 15.1. The number of carbonyl (C=O) groups excluding carboxylic acids is 1. The van der Waals surface area contributed by atoms with Crippen LogP contribution in [-0.4, -0.2) is 20.7 Å². The predicted octanol–water partition coefficient (Wildman–Crippen LogP) is 4.02. The van der Waals surface area contributed by atoms with Crippen LogP contribution in [-0.2, 0) is 7.05 Å². The summed E-state index contributed by atoms with van der Waals surface area (Å²) in [4.78, 5) is 17.9. The number of aromatic nitrogens is 3. The Labute approximate surface area is 147 Å². The number of nitrogens with one attached hydrogen (secondary N) is 1. The van der Waals surface area contributed by atoms with E-state index in [1.807, 2.05) is 52.1 Å². The first-order chi connectivity index (χ1) is 12.0. The van der Waals surface area contributed by atoms with Crippen molar-refractivity contribution in [1.82, 2.24) is 14.8 Å². The maximum atomic E-state index is 13.1. The summed E-state index contributed by atoms with van der Waals surface area (Å²) >= 11 is 0. The fourth-order valence-corrected chi connectivity index (χ4v) is 3.42. The van der Waals surface area contributed by atoms with Crippen LogP contribution in [0.25, 0.3) is 11.0 Å². The SMILES string of the molecule is Cc1cccc(C)c1NC(=O)c1cc(C2CC2)nc2c1c(C)nn2C. The first-order valence-electron chi connectivity index (χ1n) is 8.67. The number of pyridine rings is 1. The summed E-state index contributed by atoms with van der Waals surface area (Å²) in [7, 11) is 1.88. The topological polar surface area (TPSA) is 59.8 Å². The molecular weight excluding hydrogens is 312 g/mol. The monoisotopic (exact) mass is 334 g/mol. The second-order valence-electron chi connectivity index (χ2n) is 7.00. The molecule has 1 aliphatic carbocycles. The van der Waals surface area contributed by atoms with E-state index in [-0.39, 0.29) is 5.91 Å². The molecule has 0 atom stereocenters. The van der Waals surface area contributed by atoms with Crippen molar-refractivity contribution in [3.05, 3.63) is 52.3 Å². The molecule has 1 fully saturated rings. The number of para-hydroxylation sites is 1. The molecule has 1 aliphatic rings. The Morgan fingerprint density at radius 1 is 1.20 bits per heavy atom. The van der Waals surface area contributed by atoms with Gasteiger partial charge in [-0.25, -0.2) is 4.98 Å². The van der Waals surface area contributed by atoms with Crippen LogP contribution in [0.5, 0.6) is 0 Å². The fraction of sp³-hybridized carbons (Fsp3) is 0.350. The third-order valence-corrected chi connectivity index (χ3v) is 4.95. The van der Waals surface area contributed by atoms with E-state index in [1.54, 1.807) is 4.68 Å². The van der Waals surface area contributed by atoms with E-state index in [0.29, 0.717) is 11.5 Å². The van der Waals surface area contributed by atoms with Crippen LogP contribution in [0.1, 0.15) is 51.6 Å². The minimum Gasteiger partial charge on any atom is -0.321 e. The molecule has 5 heteroatoms. The predicted molar refractivity (Wildman–Crippen MR) is 99.1 cm³/mol. The fourth-order valence-electron chi connectivity index (χ4n) is 3.42. The summed E-state index contributed by atoms with van der Waals surface area (Å²) in [5.74, 6) is 0.383. The van der Waals surface area contributed by atoms with Crippen molar-refractivity contribution in [2.24, 2.45) is 7.05 Å². The normalized spacial score (nSPS) is 14.1. The maximum absolute atomic E-state index is 13.1. The highest BCUT2D eigenvalue weighted by atomic mass is 16.1. The molecule has 0 spiro atoms. The van der Waals surface area contributed by atoms with Gasteiger partial charge in [0.15, 0.2) is 5.65 Å². The molecule has 0 bridgehead atoms. The van der Waals surface area contributed by atoms with Crippen molar-refractivity contribution in [2.75, 3.05) is 5.32 Å². The smallest absolute Gasteiger partial charge is 0.256 e. The van der Waals surface area contributed by atoms with Crippen LogP contribution in [0.15, 0.2) is 24.3 Å². The minimum atomic E-state index is -0.0946. The van der Waals surface area contributed by atoms with E-state index in [2.05, 4.69) is 10.4 Å². The molecule has 0 radical (unpaired) electrons. The third-order valence-electron chi connectivity index (χ3n) is 4.95. The summed E-state index contributed by atoms with van der Waals surface area (Å²) in [5, 5.41) is 8.42. The second-order valence-corrected chi connectivity index (χ2v) is 7.00. The molecule has 3 aromatic rings. The highest BCUT2D eigenvalue weighted by Crippen LogP contribution is 2.40. The Morgan fingerprint density at radius 2 is 1.88 bits per heavy atom. The van der Waals surface area contributed by atoms with Crippen molar-refractivity contribution in [3.8, 4) is 0 Å². The highest BCUT2D eigenvalue weighted by Gasteiger charge is 2.28. The standard InChI is InChI=1S/C20H22N4O/c1-11-6-5-7-12(2)18(11)22-20(25)15-10-16(14-8-9-14)21-19-17(15)13(3)23-24(19)4/h5-7,10,14H,8-9H2,1-4H3,(H,22,25). The first kappa shape index (κ1) is 15.8. The molecular formula is C20H22N4O. The van der Waals surface area contributed by atoms with Gasteiger partial charge >= 0.3 is 0 Å². The number of hydrogen-bond donors (Lipinski definition) is 1. The van der Waals surface area contributed by atoms with Gasteiger partial charge < -0.3 is 5.32 Å². The quantitative estimate of drug-likeness (QED) is 0.787. The van der Waals surface area contributed by atoms with Gasteiger partial charge in [0.2, 0.25) is 0 Å².